The van der Waals surface area contributed by atoms with Crippen molar-refractivity contribution in [2.75, 3.05) is 0 Å². The Labute approximate surface area is 127 Å². The Morgan fingerprint density at radius 3 is 2.38 bits per heavy atom. The van der Waals surface area contributed by atoms with Gasteiger partial charge in [-0.15, -0.1) is 0 Å². The monoisotopic (exact) mass is 293 g/mol. The van der Waals surface area contributed by atoms with Crippen LogP contribution >= 0.6 is 0 Å². The molecule has 0 radical (unpaired) electrons. The SMILES string of the molecule is Cc1ccc(OC(C)CC(C)(NC(C)C)C(=O)O)cc1C. The van der Waals surface area contributed by atoms with Crippen molar-refractivity contribution in [1.82, 2.24) is 5.32 Å². The molecule has 0 fully saturated rings. The highest BCUT2D eigenvalue weighted by Crippen LogP contribution is 2.21. The third-order valence-corrected chi connectivity index (χ3v) is 3.59. The zero-order valence-electron chi connectivity index (χ0n) is 13.9. The van der Waals surface area contributed by atoms with E-state index in [2.05, 4.69) is 12.2 Å². The number of hydrogen-bond acceptors (Lipinski definition) is 3. The Hall–Kier alpha value is -1.55. The van der Waals surface area contributed by atoms with Gasteiger partial charge in [-0.25, -0.2) is 0 Å². The quantitative estimate of drug-likeness (QED) is 0.810. The molecule has 2 N–H and O–H groups in total. The maximum absolute atomic E-state index is 11.5. The first kappa shape index (κ1) is 17.5. The molecule has 1 aromatic carbocycles. The lowest BCUT2D eigenvalue weighted by atomic mass is 9.94. The van der Waals surface area contributed by atoms with Gasteiger partial charge in [0, 0.05) is 12.5 Å². The Morgan fingerprint density at radius 1 is 1.29 bits per heavy atom. The number of carboxylic acid groups (broad SMARTS) is 1. The molecule has 0 saturated heterocycles. The van der Waals surface area contributed by atoms with Crippen LogP contribution in [0.2, 0.25) is 0 Å². The molecule has 4 nitrogen and oxygen atoms in total. The third kappa shape index (κ3) is 5.05. The van der Waals surface area contributed by atoms with Gasteiger partial charge in [0.15, 0.2) is 0 Å². The van der Waals surface area contributed by atoms with E-state index in [9.17, 15) is 9.90 Å². The van der Waals surface area contributed by atoms with E-state index in [4.69, 9.17) is 4.74 Å². The van der Waals surface area contributed by atoms with Gasteiger partial charge in [-0.2, -0.15) is 0 Å². The molecule has 1 aromatic rings. The number of hydrogen-bond donors (Lipinski definition) is 2. The predicted molar refractivity (Wildman–Crippen MR) is 84.9 cm³/mol. The van der Waals surface area contributed by atoms with Crippen LogP contribution in [0.25, 0.3) is 0 Å². The second kappa shape index (κ2) is 6.94. The van der Waals surface area contributed by atoms with E-state index < -0.39 is 11.5 Å². The zero-order chi connectivity index (χ0) is 16.2. The number of rotatable bonds is 7. The minimum absolute atomic E-state index is 0.0971. The molecule has 1 rings (SSSR count). The topological polar surface area (TPSA) is 58.6 Å². The van der Waals surface area contributed by atoms with Crippen molar-refractivity contribution < 1.29 is 14.6 Å². The van der Waals surface area contributed by atoms with Crippen LogP contribution < -0.4 is 10.1 Å². The summed E-state index contributed by atoms with van der Waals surface area (Å²) >= 11 is 0. The lowest BCUT2D eigenvalue weighted by molar-refractivity contribution is -0.145. The molecule has 0 saturated carbocycles. The summed E-state index contributed by atoms with van der Waals surface area (Å²) in [5, 5.41) is 12.6. The fourth-order valence-corrected chi connectivity index (χ4v) is 2.48. The van der Waals surface area contributed by atoms with Gasteiger partial charge < -0.3 is 9.84 Å². The van der Waals surface area contributed by atoms with Crippen LogP contribution in [0, 0.1) is 13.8 Å². The molecule has 0 aliphatic rings. The van der Waals surface area contributed by atoms with Gasteiger partial charge in [0.1, 0.15) is 11.3 Å². The highest BCUT2D eigenvalue weighted by Gasteiger charge is 2.35. The average Bonchev–Trinajstić information content (AvgIpc) is 2.32. The highest BCUT2D eigenvalue weighted by molar-refractivity contribution is 5.78. The van der Waals surface area contributed by atoms with Gasteiger partial charge in [0.05, 0.1) is 6.10 Å². The van der Waals surface area contributed by atoms with E-state index in [1.165, 1.54) is 11.1 Å². The highest BCUT2D eigenvalue weighted by atomic mass is 16.5. The molecule has 0 bridgehead atoms. The van der Waals surface area contributed by atoms with Crippen LogP contribution in [-0.4, -0.2) is 28.8 Å². The van der Waals surface area contributed by atoms with Crippen molar-refractivity contribution >= 4 is 5.97 Å². The van der Waals surface area contributed by atoms with Gasteiger partial charge >= 0.3 is 5.97 Å². The maximum Gasteiger partial charge on any atom is 0.323 e. The van der Waals surface area contributed by atoms with Gasteiger partial charge in [0.2, 0.25) is 0 Å². The van der Waals surface area contributed by atoms with Gasteiger partial charge in [-0.3, -0.25) is 10.1 Å². The fraction of sp³-hybridized carbons (Fsp3) is 0.588. The van der Waals surface area contributed by atoms with E-state index in [1.54, 1.807) is 6.92 Å². The van der Waals surface area contributed by atoms with Crippen LogP contribution in [0.3, 0.4) is 0 Å². The average molecular weight is 293 g/mol. The second-order valence-corrected chi connectivity index (χ2v) is 6.31. The van der Waals surface area contributed by atoms with Crippen molar-refractivity contribution in [1.29, 1.82) is 0 Å². The van der Waals surface area contributed by atoms with Gasteiger partial charge in [0.25, 0.3) is 0 Å². The smallest absolute Gasteiger partial charge is 0.323 e. The van der Waals surface area contributed by atoms with E-state index in [-0.39, 0.29) is 12.1 Å². The Kier molecular flexibility index (Phi) is 5.78. The van der Waals surface area contributed by atoms with Crippen molar-refractivity contribution in [2.45, 2.75) is 65.6 Å². The number of benzene rings is 1. The number of aryl methyl sites for hydroxylation is 2. The molecule has 0 spiro atoms. The summed E-state index contributed by atoms with van der Waals surface area (Å²) in [5.41, 5.74) is 1.39. The molecule has 0 heterocycles. The molecule has 0 amide bonds. The summed E-state index contributed by atoms with van der Waals surface area (Å²) in [6, 6.07) is 6.02. The summed E-state index contributed by atoms with van der Waals surface area (Å²) in [5.74, 6) is -0.0744. The summed E-state index contributed by atoms with van der Waals surface area (Å²) in [6.07, 6.45) is 0.201. The number of aliphatic carboxylic acids is 1. The molecule has 0 aliphatic heterocycles. The van der Waals surface area contributed by atoms with Crippen molar-refractivity contribution in [3.8, 4) is 5.75 Å². The van der Waals surface area contributed by atoms with E-state index in [1.807, 2.05) is 45.9 Å². The Balaban J connectivity index is 2.76. The molecule has 0 aromatic heterocycles. The fourth-order valence-electron chi connectivity index (χ4n) is 2.48. The largest absolute Gasteiger partial charge is 0.491 e. The Morgan fingerprint density at radius 2 is 1.90 bits per heavy atom. The minimum Gasteiger partial charge on any atom is -0.491 e. The van der Waals surface area contributed by atoms with E-state index >= 15 is 0 Å². The van der Waals surface area contributed by atoms with E-state index in [0.717, 1.165) is 5.75 Å². The number of ether oxygens (including phenoxy) is 1. The normalized spacial score (nSPS) is 15.6. The van der Waals surface area contributed by atoms with Crippen LogP contribution in [0.1, 0.15) is 45.2 Å². The number of nitrogens with one attached hydrogen (secondary N) is 1. The number of carboxylic acids is 1. The van der Waals surface area contributed by atoms with Crippen LogP contribution in [-0.2, 0) is 4.79 Å². The standard InChI is InChI=1S/C17H27NO3/c1-11(2)18-17(6,16(19)20)10-14(5)21-15-8-7-12(3)13(4)9-15/h7-9,11,14,18H,10H2,1-6H3,(H,19,20). The first-order valence-corrected chi connectivity index (χ1v) is 7.39. The molecule has 2 atom stereocenters. The summed E-state index contributed by atoms with van der Waals surface area (Å²) < 4.78 is 5.87. The van der Waals surface area contributed by atoms with Crippen LogP contribution in [0.5, 0.6) is 5.75 Å². The first-order chi connectivity index (χ1) is 9.64. The maximum atomic E-state index is 11.5. The van der Waals surface area contributed by atoms with Gasteiger partial charge in [-0.05, 0) is 64.8 Å². The zero-order valence-corrected chi connectivity index (χ0v) is 13.9. The lowest BCUT2D eigenvalue weighted by Gasteiger charge is -2.31. The second-order valence-electron chi connectivity index (χ2n) is 6.31. The van der Waals surface area contributed by atoms with Crippen molar-refractivity contribution in [3.63, 3.8) is 0 Å². The molecule has 21 heavy (non-hydrogen) atoms. The van der Waals surface area contributed by atoms with Crippen LogP contribution in [0.4, 0.5) is 0 Å². The molecule has 118 valence electrons. The molecular weight excluding hydrogens is 266 g/mol. The first-order valence-electron chi connectivity index (χ1n) is 7.39. The summed E-state index contributed by atoms with van der Waals surface area (Å²) in [6.45, 7) is 11.6. The molecule has 0 aliphatic carbocycles. The van der Waals surface area contributed by atoms with Crippen molar-refractivity contribution in [3.05, 3.63) is 29.3 Å². The van der Waals surface area contributed by atoms with E-state index in [0.29, 0.717) is 6.42 Å². The molecule has 4 heteroatoms. The van der Waals surface area contributed by atoms with Gasteiger partial charge in [-0.1, -0.05) is 6.07 Å². The third-order valence-electron chi connectivity index (χ3n) is 3.59. The van der Waals surface area contributed by atoms with Crippen LogP contribution in [0.15, 0.2) is 18.2 Å². The number of carbonyl (C=O) groups is 1. The van der Waals surface area contributed by atoms with Crippen molar-refractivity contribution in [2.24, 2.45) is 0 Å². The molecular formula is C17H27NO3. The molecule has 2 unspecified atom stereocenters. The Bertz CT molecular complexity index is 499. The summed E-state index contributed by atoms with van der Waals surface area (Å²) in [4.78, 5) is 11.5. The lowest BCUT2D eigenvalue weighted by Crippen LogP contribution is -2.54. The predicted octanol–water partition coefficient (Wildman–Crippen LogP) is 3.30. The summed E-state index contributed by atoms with van der Waals surface area (Å²) in [7, 11) is 0. The minimum atomic E-state index is -0.993.